The van der Waals surface area contributed by atoms with Crippen LogP contribution in [0.5, 0.6) is 0 Å². The van der Waals surface area contributed by atoms with Crippen LogP contribution in [0.2, 0.25) is 0 Å². The van der Waals surface area contributed by atoms with Crippen LogP contribution < -0.4 is 10.6 Å². The number of hydrogen-bond acceptors (Lipinski definition) is 4. The molecule has 0 bridgehead atoms. The number of carbonyl (C=O) groups is 2. The van der Waals surface area contributed by atoms with Crippen LogP contribution in [0.15, 0.2) is 58.1 Å². The lowest BCUT2D eigenvalue weighted by atomic mass is 10.2. The van der Waals surface area contributed by atoms with E-state index in [-0.39, 0.29) is 11.8 Å². The van der Waals surface area contributed by atoms with Gasteiger partial charge in [0.15, 0.2) is 11.7 Å². The number of piperazine rings is 1. The second-order valence-corrected chi connectivity index (χ2v) is 6.35. The van der Waals surface area contributed by atoms with Crippen molar-refractivity contribution in [3.8, 4) is 0 Å². The van der Waals surface area contributed by atoms with Gasteiger partial charge in [0.1, 0.15) is 0 Å². The van der Waals surface area contributed by atoms with Gasteiger partial charge in [-0.15, -0.1) is 0 Å². The zero-order valence-electron chi connectivity index (χ0n) is 15.9. The number of hydrogen-bond donors (Lipinski definition) is 2. The Morgan fingerprint density at radius 3 is 2.29 bits per heavy atom. The summed E-state index contributed by atoms with van der Waals surface area (Å²) in [5, 5.41) is 6.14. The molecule has 2 N–H and O–H groups in total. The molecule has 148 valence electrons. The molecule has 0 atom stereocenters. The molecule has 1 aliphatic heterocycles. The molecular formula is C20H25N5O3. The topological polar surface area (TPSA) is 90.2 Å². The third-order valence-corrected chi connectivity index (χ3v) is 4.54. The van der Waals surface area contributed by atoms with E-state index in [1.165, 1.54) is 6.26 Å². The van der Waals surface area contributed by atoms with Crippen LogP contribution >= 0.6 is 0 Å². The quantitative estimate of drug-likeness (QED) is 0.458. The number of rotatable bonds is 5. The van der Waals surface area contributed by atoms with Crippen LogP contribution in [-0.2, 0) is 0 Å². The molecule has 0 radical (unpaired) electrons. The summed E-state index contributed by atoms with van der Waals surface area (Å²) >= 11 is 0. The molecule has 1 aliphatic rings. The Bertz CT molecular complexity index is 797. The maximum Gasteiger partial charge on any atom is 0.289 e. The Morgan fingerprint density at radius 2 is 1.64 bits per heavy atom. The average Bonchev–Trinajstić information content (AvgIpc) is 3.29. The van der Waals surface area contributed by atoms with Crippen molar-refractivity contribution >= 4 is 17.8 Å². The van der Waals surface area contributed by atoms with Crippen LogP contribution in [0, 0.1) is 0 Å². The van der Waals surface area contributed by atoms with E-state index < -0.39 is 0 Å². The highest BCUT2D eigenvalue weighted by Crippen LogP contribution is 2.09. The van der Waals surface area contributed by atoms with Crippen LogP contribution in [0.4, 0.5) is 0 Å². The molecule has 8 nitrogen and oxygen atoms in total. The molecule has 28 heavy (non-hydrogen) atoms. The number of amides is 2. The Morgan fingerprint density at radius 1 is 0.964 bits per heavy atom. The van der Waals surface area contributed by atoms with Crippen molar-refractivity contribution in [3.63, 3.8) is 0 Å². The fourth-order valence-corrected chi connectivity index (χ4v) is 3.05. The van der Waals surface area contributed by atoms with Crippen molar-refractivity contribution < 1.29 is 14.0 Å². The zero-order valence-corrected chi connectivity index (χ0v) is 15.9. The minimum Gasteiger partial charge on any atom is -0.459 e. The van der Waals surface area contributed by atoms with Gasteiger partial charge in [0.25, 0.3) is 11.8 Å². The first kappa shape index (κ1) is 19.5. The van der Waals surface area contributed by atoms with Crippen LogP contribution in [0.25, 0.3) is 0 Å². The van der Waals surface area contributed by atoms with Crippen LogP contribution in [0.1, 0.15) is 20.9 Å². The van der Waals surface area contributed by atoms with Gasteiger partial charge in [-0.25, -0.2) is 0 Å². The van der Waals surface area contributed by atoms with Gasteiger partial charge in [-0.2, -0.15) is 0 Å². The third kappa shape index (κ3) is 4.91. The molecule has 1 saturated heterocycles. The lowest BCUT2D eigenvalue weighted by molar-refractivity contribution is 0.0657. The number of guanidine groups is 1. The predicted octanol–water partition coefficient (Wildman–Crippen LogP) is 1.04. The molecular weight excluding hydrogens is 358 g/mol. The van der Waals surface area contributed by atoms with Gasteiger partial charge in [0.2, 0.25) is 0 Å². The number of carbonyl (C=O) groups excluding carboxylic acids is 2. The molecule has 1 aromatic heterocycles. The molecule has 8 heteroatoms. The van der Waals surface area contributed by atoms with Crippen molar-refractivity contribution in [2.24, 2.45) is 4.99 Å². The average molecular weight is 383 g/mol. The summed E-state index contributed by atoms with van der Waals surface area (Å²) in [7, 11) is 1.73. The summed E-state index contributed by atoms with van der Waals surface area (Å²) in [5.74, 6) is 0.947. The Labute approximate surface area is 164 Å². The lowest BCUT2D eigenvalue weighted by Gasteiger charge is -2.36. The summed E-state index contributed by atoms with van der Waals surface area (Å²) in [6, 6.07) is 12.5. The molecule has 2 aromatic rings. The summed E-state index contributed by atoms with van der Waals surface area (Å²) in [6.45, 7) is 3.63. The zero-order chi connectivity index (χ0) is 19.8. The number of nitrogens with one attached hydrogen (secondary N) is 2. The van der Waals surface area contributed by atoms with Crippen molar-refractivity contribution in [2.45, 2.75) is 0 Å². The number of nitrogens with zero attached hydrogens (tertiary/aromatic N) is 3. The van der Waals surface area contributed by atoms with E-state index in [2.05, 4.69) is 20.5 Å². The lowest BCUT2D eigenvalue weighted by Crippen LogP contribution is -2.54. The summed E-state index contributed by atoms with van der Waals surface area (Å²) in [4.78, 5) is 32.5. The highest BCUT2D eigenvalue weighted by molar-refractivity contribution is 5.94. The third-order valence-electron chi connectivity index (χ3n) is 4.54. The van der Waals surface area contributed by atoms with E-state index in [4.69, 9.17) is 4.42 Å². The first-order valence-electron chi connectivity index (χ1n) is 9.30. The smallest absolute Gasteiger partial charge is 0.289 e. The van der Waals surface area contributed by atoms with Gasteiger partial charge >= 0.3 is 0 Å². The molecule has 0 unspecified atom stereocenters. The largest absolute Gasteiger partial charge is 0.459 e. The molecule has 0 spiro atoms. The molecule has 2 heterocycles. The van der Waals surface area contributed by atoms with E-state index >= 15 is 0 Å². The van der Waals surface area contributed by atoms with Gasteiger partial charge in [0.05, 0.1) is 6.26 Å². The van der Waals surface area contributed by atoms with E-state index in [1.54, 1.807) is 36.2 Å². The van der Waals surface area contributed by atoms with E-state index in [1.807, 2.05) is 18.2 Å². The van der Waals surface area contributed by atoms with Gasteiger partial charge in [-0.05, 0) is 24.3 Å². The molecule has 3 rings (SSSR count). The monoisotopic (exact) mass is 383 g/mol. The fourth-order valence-electron chi connectivity index (χ4n) is 3.05. The summed E-state index contributed by atoms with van der Waals surface area (Å²) in [5.41, 5.74) is 0.643. The SMILES string of the molecule is CN=C(NCCNC(=O)c1ccccc1)N1CCN(C(=O)c2ccco2)CC1. The maximum absolute atomic E-state index is 12.3. The maximum atomic E-state index is 12.3. The van der Waals surface area contributed by atoms with Crippen molar-refractivity contribution in [1.29, 1.82) is 0 Å². The van der Waals surface area contributed by atoms with Gasteiger partial charge in [0, 0.05) is 51.9 Å². The summed E-state index contributed by atoms with van der Waals surface area (Å²) in [6.07, 6.45) is 1.51. The Hall–Kier alpha value is -3.29. The predicted molar refractivity (Wildman–Crippen MR) is 106 cm³/mol. The Balaban J connectivity index is 1.40. The standard InChI is InChI=1S/C20H25N5O3/c1-21-20(23-10-9-22-18(26)16-6-3-2-4-7-16)25-13-11-24(12-14-25)19(27)17-8-5-15-28-17/h2-8,15H,9-14H2,1H3,(H,21,23)(H,22,26). The molecule has 0 aliphatic carbocycles. The molecule has 2 amide bonds. The van der Waals surface area contributed by atoms with Crippen molar-refractivity contribution in [1.82, 2.24) is 20.4 Å². The first-order valence-corrected chi connectivity index (χ1v) is 9.30. The Kier molecular flexibility index (Phi) is 6.67. The number of aliphatic imine (C=N–C) groups is 1. The van der Waals surface area contributed by atoms with Crippen LogP contribution in [-0.4, -0.2) is 73.9 Å². The van der Waals surface area contributed by atoms with E-state index in [0.717, 1.165) is 5.96 Å². The highest BCUT2D eigenvalue weighted by atomic mass is 16.3. The van der Waals surface area contributed by atoms with Gasteiger partial charge < -0.3 is 24.9 Å². The summed E-state index contributed by atoms with van der Waals surface area (Å²) < 4.78 is 5.19. The van der Waals surface area contributed by atoms with Gasteiger partial charge in [-0.1, -0.05) is 18.2 Å². The fraction of sp³-hybridized carbons (Fsp3) is 0.350. The second-order valence-electron chi connectivity index (χ2n) is 6.35. The van der Waals surface area contributed by atoms with Crippen LogP contribution in [0.3, 0.4) is 0 Å². The normalized spacial score (nSPS) is 14.7. The molecule has 1 aromatic carbocycles. The van der Waals surface area contributed by atoms with E-state index in [0.29, 0.717) is 50.6 Å². The molecule has 0 saturated carbocycles. The van der Waals surface area contributed by atoms with Crippen molar-refractivity contribution in [3.05, 3.63) is 60.1 Å². The molecule has 1 fully saturated rings. The highest BCUT2D eigenvalue weighted by Gasteiger charge is 2.25. The minimum atomic E-state index is -0.0950. The number of furan rings is 1. The minimum absolute atomic E-state index is 0.0868. The van der Waals surface area contributed by atoms with E-state index in [9.17, 15) is 9.59 Å². The second kappa shape index (κ2) is 9.59. The number of benzene rings is 1. The van der Waals surface area contributed by atoms with Crippen molar-refractivity contribution in [2.75, 3.05) is 46.3 Å². The van der Waals surface area contributed by atoms with Gasteiger partial charge in [-0.3, -0.25) is 14.6 Å². The first-order chi connectivity index (χ1) is 13.7.